The highest BCUT2D eigenvalue weighted by Gasteiger charge is 2.22. The Morgan fingerprint density at radius 2 is 2.14 bits per heavy atom. The number of aryl methyl sites for hydroxylation is 1. The topological polar surface area (TPSA) is 65.1 Å². The number of nitrogens with one attached hydrogen (secondary N) is 2. The van der Waals surface area contributed by atoms with E-state index in [2.05, 4.69) is 10.3 Å². The summed E-state index contributed by atoms with van der Waals surface area (Å²) in [6, 6.07) is 8.05. The average Bonchev–Trinajstić information content (AvgIpc) is 2.48. The van der Waals surface area contributed by atoms with E-state index in [0.717, 1.165) is 47.7 Å². The molecule has 4 heteroatoms. The summed E-state index contributed by atoms with van der Waals surface area (Å²) >= 11 is 0. The highest BCUT2D eigenvalue weighted by molar-refractivity contribution is 5.81. The van der Waals surface area contributed by atoms with Gasteiger partial charge in [0, 0.05) is 18.2 Å². The summed E-state index contributed by atoms with van der Waals surface area (Å²) in [6.07, 6.45) is 3.77. The smallest absolute Gasteiger partial charge is 0.252 e. The Balaban J connectivity index is 1.81. The van der Waals surface area contributed by atoms with Crippen LogP contribution >= 0.6 is 0 Å². The molecule has 1 aliphatic rings. The number of fused-ring (bicyclic) bond motifs is 1. The van der Waals surface area contributed by atoms with Gasteiger partial charge in [0.05, 0.1) is 11.6 Å². The van der Waals surface area contributed by atoms with Crippen molar-refractivity contribution in [2.75, 3.05) is 0 Å². The van der Waals surface area contributed by atoms with E-state index >= 15 is 0 Å². The largest absolute Gasteiger partial charge is 0.392 e. The van der Waals surface area contributed by atoms with Crippen molar-refractivity contribution in [1.29, 1.82) is 0 Å². The molecule has 0 bridgehead atoms. The number of pyridine rings is 1. The van der Waals surface area contributed by atoms with Gasteiger partial charge in [-0.15, -0.1) is 0 Å². The zero-order chi connectivity index (χ0) is 14.8. The maximum absolute atomic E-state index is 12.2. The summed E-state index contributed by atoms with van der Waals surface area (Å²) < 4.78 is 0. The Morgan fingerprint density at radius 1 is 1.33 bits per heavy atom. The minimum atomic E-state index is -0.291. The van der Waals surface area contributed by atoms with Crippen molar-refractivity contribution in [3.63, 3.8) is 0 Å². The molecule has 1 saturated carbocycles. The molecule has 0 saturated heterocycles. The molecule has 0 amide bonds. The second-order valence-corrected chi connectivity index (χ2v) is 6.00. The molecule has 1 aromatic heterocycles. The van der Waals surface area contributed by atoms with E-state index in [9.17, 15) is 9.90 Å². The predicted molar refractivity (Wildman–Crippen MR) is 84.4 cm³/mol. The van der Waals surface area contributed by atoms with Crippen LogP contribution in [0.4, 0.5) is 0 Å². The lowest BCUT2D eigenvalue weighted by Gasteiger charge is -2.28. The van der Waals surface area contributed by atoms with E-state index in [1.807, 2.05) is 31.2 Å². The number of hydrogen-bond acceptors (Lipinski definition) is 3. The van der Waals surface area contributed by atoms with E-state index in [-0.39, 0.29) is 17.7 Å². The summed E-state index contributed by atoms with van der Waals surface area (Å²) in [4.78, 5) is 15.1. The molecule has 0 unspecified atom stereocenters. The molecule has 1 fully saturated rings. The van der Waals surface area contributed by atoms with Gasteiger partial charge < -0.3 is 15.4 Å². The third-order valence-corrected chi connectivity index (χ3v) is 4.45. The van der Waals surface area contributed by atoms with Gasteiger partial charge in [-0.3, -0.25) is 4.79 Å². The van der Waals surface area contributed by atoms with Crippen LogP contribution in [0.15, 0.2) is 29.1 Å². The van der Waals surface area contributed by atoms with Crippen LogP contribution in [0.25, 0.3) is 10.9 Å². The lowest BCUT2D eigenvalue weighted by Crippen LogP contribution is -2.42. The summed E-state index contributed by atoms with van der Waals surface area (Å²) in [5.74, 6) is 0. The van der Waals surface area contributed by atoms with Gasteiger partial charge in [0.25, 0.3) is 5.56 Å². The first-order valence-corrected chi connectivity index (χ1v) is 7.68. The lowest BCUT2D eigenvalue weighted by molar-refractivity contribution is 0.0902. The number of aliphatic hydroxyl groups is 1. The number of benzene rings is 1. The average molecular weight is 286 g/mol. The van der Waals surface area contributed by atoms with Crippen LogP contribution in [-0.4, -0.2) is 22.2 Å². The highest BCUT2D eigenvalue weighted by atomic mass is 16.3. The maximum atomic E-state index is 12.2. The van der Waals surface area contributed by atoms with Crippen LogP contribution in [0.2, 0.25) is 0 Å². The minimum absolute atomic E-state index is 0.0467. The van der Waals surface area contributed by atoms with Crippen molar-refractivity contribution in [3.8, 4) is 0 Å². The molecule has 3 N–H and O–H groups in total. The number of rotatable bonds is 3. The number of hydrogen-bond donors (Lipinski definition) is 3. The summed E-state index contributed by atoms with van der Waals surface area (Å²) in [7, 11) is 0. The molecule has 3 rings (SSSR count). The fourth-order valence-electron chi connectivity index (χ4n) is 3.15. The van der Waals surface area contributed by atoms with Crippen LogP contribution in [0.3, 0.4) is 0 Å². The molecule has 21 heavy (non-hydrogen) atoms. The van der Waals surface area contributed by atoms with Crippen molar-refractivity contribution in [2.45, 2.75) is 51.3 Å². The van der Waals surface area contributed by atoms with Crippen molar-refractivity contribution < 1.29 is 5.11 Å². The molecular weight excluding hydrogens is 264 g/mol. The van der Waals surface area contributed by atoms with Crippen molar-refractivity contribution in [3.05, 3.63) is 45.7 Å². The van der Waals surface area contributed by atoms with Gasteiger partial charge in [0.1, 0.15) is 0 Å². The molecule has 112 valence electrons. The van der Waals surface area contributed by atoms with E-state index in [0.29, 0.717) is 6.54 Å². The van der Waals surface area contributed by atoms with E-state index in [1.165, 1.54) is 0 Å². The molecule has 0 spiro atoms. The first-order valence-electron chi connectivity index (χ1n) is 7.68. The third-order valence-electron chi connectivity index (χ3n) is 4.45. The highest BCUT2D eigenvalue weighted by Crippen LogP contribution is 2.19. The fourth-order valence-corrected chi connectivity index (χ4v) is 3.15. The van der Waals surface area contributed by atoms with Gasteiger partial charge in [0.2, 0.25) is 0 Å². The van der Waals surface area contributed by atoms with Gasteiger partial charge in [-0.05, 0) is 36.8 Å². The zero-order valence-corrected chi connectivity index (χ0v) is 12.4. The second-order valence-electron chi connectivity index (χ2n) is 6.00. The van der Waals surface area contributed by atoms with E-state index in [1.54, 1.807) is 0 Å². The zero-order valence-electron chi connectivity index (χ0n) is 12.4. The van der Waals surface area contributed by atoms with Crippen molar-refractivity contribution >= 4 is 10.9 Å². The van der Waals surface area contributed by atoms with Gasteiger partial charge in [-0.2, -0.15) is 0 Å². The Kier molecular flexibility index (Phi) is 4.08. The summed E-state index contributed by atoms with van der Waals surface area (Å²) in [6.45, 7) is 2.50. The monoisotopic (exact) mass is 286 g/mol. The van der Waals surface area contributed by atoms with Crippen LogP contribution in [-0.2, 0) is 6.54 Å². The Labute approximate surface area is 124 Å². The molecular formula is C17H22N2O2. The van der Waals surface area contributed by atoms with Crippen LogP contribution < -0.4 is 10.9 Å². The van der Waals surface area contributed by atoms with Gasteiger partial charge >= 0.3 is 0 Å². The number of aromatic nitrogens is 1. The van der Waals surface area contributed by atoms with Crippen LogP contribution in [0, 0.1) is 6.92 Å². The molecule has 1 heterocycles. The summed E-state index contributed by atoms with van der Waals surface area (Å²) in [5, 5.41) is 14.4. The van der Waals surface area contributed by atoms with E-state index in [4.69, 9.17) is 0 Å². The maximum Gasteiger partial charge on any atom is 0.252 e. The normalized spacial score (nSPS) is 22.6. The number of aliphatic hydroxyl groups excluding tert-OH is 1. The fraction of sp³-hybridized carbons (Fsp3) is 0.471. The SMILES string of the molecule is Cc1cccc2cc(CN[C@H]3CCCC[C@@H]3O)c(=O)[nH]c12. The Hall–Kier alpha value is -1.65. The summed E-state index contributed by atoms with van der Waals surface area (Å²) in [5.41, 5.74) is 2.66. The number of para-hydroxylation sites is 1. The number of H-pyrrole nitrogens is 1. The van der Waals surface area contributed by atoms with Gasteiger partial charge in [-0.25, -0.2) is 0 Å². The Morgan fingerprint density at radius 3 is 2.95 bits per heavy atom. The molecule has 4 nitrogen and oxygen atoms in total. The second kappa shape index (κ2) is 6.00. The third kappa shape index (κ3) is 3.01. The first-order chi connectivity index (χ1) is 10.1. The minimum Gasteiger partial charge on any atom is -0.392 e. The van der Waals surface area contributed by atoms with Crippen molar-refractivity contribution in [1.82, 2.24) is 10.3 Å². The number of aromatic amines is 1. The molecule has 2 atom stereocenters. The quantitative estimate of drug-likeness (QED) is 0.810. The first kappa shape index (κ1) is 14.3. The van der Waals surface area contributed by atoms with Crippen LogP contribution in [0.5, 0.6) is 0 Å². The standard InChI is InChI=1S/C17H22N2O2/c1-11-5-4-6-12-9-13(17(21)19-16(11)12)10-18-14-7-2-3-8-15(14)20/h4-6,9,14-15,18,20H,2-3,7-8,10H2,1H3,(H,19,21)/t14-,15-/m0/s1. The molecule has 0 aliphatic heterocycles. The van der Waals surface area contributed by atoms with Crippen LogP contribution in [0.1, 0.15) is 36.8 Å². The van der Waals surface area contributed by atoms with Gasteiger partial charge in [0.15, 0.2) is 0 Å². The molecule has 0 radical (unpaired) electrons. The van der Waals surface area contributed by atoms with E-state index < -0.39 is 0 Å². The Bertz CT molecular complexity index is 693. The molecule has 2 aromatic rings. The predicted octanol–water partition coefficient (Wildman–Crippen LogP) is 2.23. The van der Waals surface area contributed by atoms with Gasteiger partial charge in [-0.1, -0.05) is 31.0 Å². The lowest BCUT2D eigenvalue weighted by atomic mass is 9.92. The molecule has 1 aliphatic carbocycles. The van der Waals surface area contributed by atoms with Crippen molar-refractivity contribution in [2.24, 2.45) is 0 Å². The molecule has 1 aromatic carbocycles.